The topological polar surface area (TPSA) is 18.5 Å². The van der Waals surface area contributed by atoms with E-state index in [1.807, 2.05) is 0 Å². The van der Waals surface area contributed by atoms with Crippen molar-refractivity contribution in [2.75, 3.05) is 14.2 Å². The molecule has 0 amide bonds. The van der Waals surface area contributed by atoms with Gasteiger partial charge in [0.15, 0.2) is 17.4 Å². The average molecular weight is 498 g/mol. The SMILES string of the molecule is COc1cc(F)c(-c2c3ccccc3c(-c3c(F)c(F)c(OC)c(F)c3F)c3ccccc23)c(F)c1. The number of fused-ring (bicyclic) bond motifs is 2. The third kappa shape index (κ3) is 3.36. The molecule has 0 atom stereocenters. The van der Waals surface area contributed by atoms with Crippen LogP contribution in [0, 0.1) is 34.9 Å². The molecule has 0 saturated heterocycles. The van der Waals surface area contributed by atoms with E-state index in [0.717, 1.165) is 19.2 Å². The first kappa shape index (κ1) is 23.5. The van der Waals surface area contributed by atoms with Crippen LogP contribution in [0.25, 0.3) is 43.8 Å². The Morgan fingerprint density at radius 2 is 0.861 bits per heavy atom. The van der Waals surface area contributed by atoms with Crippen LogP contribution in [0.1, 0.15) is 0 Å². The van der Waals surface area contributed by atoms with Crippen molar-refractivity contribution >= 4 is 21.5 Å². The predicted octanol–water partition coefficient (Wildman–Crippen LogP) is 8.18. The summed E-state index contributed by atoms with van der Waals surface area (Å²) in [5.74, 6) is -9.78. The summed E-state index contributed by atoms with van der Waals surface area (Å²) in [7, 11) is 2.15. The molecule has 2 nitrogen and oxygen atoms in total. The highest BCUT2D eigenvalue weighted by Crippen LogP contribution is 2.47. The Morgan fingerprint density at radius 3 is 1.22 bits per heavy atom. The molecule has 8 heteroatoms. The monoisotopic (exact) mass is 498 g/mol. The second-order valence-electron chi connectivity index (χ2n) is 7.97. The lowest BCUT2D eigenvalue weighted by molar-refractivity contribution is 0.334. The van der Waals surface area contributed by atoms with Crippen LogP contribution in [-0.4, -0.2) is 14.2 Å². The normalized spacial score (nSPS) is 11.3. The second kappa shape index (κ2) is 8.78. The van der Waals surface area contributed by atoms with Gasteiger partial charge in [-0.25, -0.2) is 17.6 Å². The Labute approximate surface area is 201 Å². The Balaban J connectivity index is 2.01. The Kier molecular flexibility index (Phi) is 5.74. The lowest BCUT2D eigenvalue weighted by atomic mass is 9.85. The standard InChI is InChI=1S/C28H16F6O2/c1-35-13-11-18(29)22(19(30)12-13)20-14-7-3-5-9-16(14)21(17-10-6-4-8-15(17)20)23-24(31)26(33)28(36-2)27(34)25(23)32/h3-12H,1-2H3. The number of hydrogen-bond donors (Lipinski definition) is 0. The van der Waals surface area contributed by atoms with Crippen molar-refractivity contribution in [3.05, 3.63) is 95.6 Å². The summed E-state index contributed by atoms with van der Waals surface area (Å²) in [5, 5.41) is 0.680. The van der Waals surface area contributed by atoms with Crippen LogP contribution < -0.4 is 9.47 Å². The van der Waals surface area contributed by atoms with Gasteiger partial charge in [-0.1, -0.05) is 48.5 Å². The lowest BCUT2D eigenvalue weighted by Gasteiger charge is -2.20. The van der Waals surface area contributed by atoms with Crippen LogP contribution in [0.15, 0.2) is 60.7 Å². The quantitative estimate of drug-likeness (QED) is 0.141. The molecule has 0 saturated carbocycles. The highest BCUT2D eigenvalue weighted by molar-refractivity contribution is 6.21. The van der Waals surface area contributed by atoms with Crippen LogP contribution in [0.2, 0.25) is 0 Å². The van der Waals surface area contributed by atoms with E-state index in [9.17, 15) is 8.78 Å². The summed E-state index contributed by atoms with van der Waals surface area (Å²) in [6, 6.07) is 14.2. The fraction of sp³-hybridized carbons (Fsp3) is 0.0714. The molecule has 0 aromatic heterocycles. The molecule has 0 N–H and O–H groups in total. The van der Waals surface area contributed by atoms with Crippen LogP contribution >= 0.6 is 0 Å². The van der Waals surface area contributed by atoms with E-state index in [2.05, 4.69) is 4.74 Å². The van der Waals surface area contributed by atoms with E-state index in [-0.39, 0.29) is 44.0 Å². The minimum Gasteiger partial charge on any atom is -0.497 e. The number of benzene rings is 5. The van der Waals surface area contributed by atoms with Crippen LogP contribution in [0.3, 0.4) is 0 Å². The van der Waals surface area contributed by atoms with Crippen molar-refractivity contribution in [2.24, 2.45) is 0 Å². The van der Waals surface area contributed by atoms with E-state index < -0.39 is 46.2 Å². The average Bonchev–Trinajstić information content (AvgIpc) is 2.88. The molecule has 0 aliphatic rings. The lowest BCUT2D eigenvalue weighted by Crippen LogP contribution is -2.05. The number of ether oxygens (including phenoxy) is 2. The molecule has 5 rings (SSSR count). The Bertz CT molecular complexity index is 1570. The largest absolute Gasteiger partial charge is 0.497 e. The van der Waals surface area contributed by atoms with Gasteiger partial charge in [-0.3, -0.25) is 0 Å². The van der Waals surface area contributed by atoms with Crippen molar-refractivity contribution in [3.63, 3.8) is 0 Å². The van der Waals surface area contributed by atoms with Crippen molar-refractivity contribution in [2.45, 2.75) is 0 Å². The second-order valence-corrected chi connectivity index (χ2v) is 7.97. The smallest absolute Gasteiger partial charge is 0.204 e. The van der Waals surface area contributed by atoms with Gasteiger partial charge in [-0.2, -0.15) is 8.78 Å². The Hall–Kier alpha value is -4.20. The minimum absolute atomic E-state index is 0.0349. The molecular formula is C28H16F6O2. The van der Waals surface area contributed by atoms with Crippen LogP contribution in [-0.2, 0) is 0 Å². The van der Waals surface area contributed by atoms with E-state index in [4.69, 9.17) is 4.74 Å². The van der Waals surface area contributed by atoms with Crippen LogP contribution in [0.5, 0.6) is 11.5 Å². The van der Waals surface area contributed by atoms with Crippen molar-refractivity contribution < 1.29 is 35.8 Å². The summed E-state index contributed by atoms with van der Waals surface area (Å²) in [6.45, 7) is 0. The summed E-state index contributed by atoms with van der Waals surface area (Å²) >= 11 is 0. The summed E-state index contributed by atoms with van der Waals surface area (Å²) < 4.78 is 99.8. The zero-order valence-corrected chi connectivity index (χ0v) is 18.9. The highest BCUT2D eigenvalue weighted by atomic mass is 19.2. The van der Waals surface area contributed by atoms with Gasteiger partial charge < -0.3 is 9.47 Å². The number of rotatable bonds is 4. The molecule has 36 heavy (non-hydrogen) atoms. The molecule has 0 radical (unpaired) electrons. The van der Waals surface area contributed by atoms with Gasteiger partial charge in [0.05, 0.1) is 25.3 Å². The van der Waals surface area contributed by atoms with E-state index in [0.29, 0.717) is 0 Å². The summed E-state index contributed by atoms with van der Waals surface area (Å²) in [5.41, 5.74) is -1.41. The maximum absolute atomic E-state index is 15.3. The van der Waals surface area contributed by atoms with Gasteiger partial charge in [0.2, 0.25) is 11.6 Å². The predicted molar refractivity (Wildman–Crippen MR) is 125 cm³/mol. The van der Waals surface area contributed by atoms with E-state index in [1.54, 1.807) is 12.1 Å². The Morgan fingerprint density at radius 1 is 0.472 bits per heavy atom. The van der Waals surface area contributed by atoms with Gasteiger partial charge in [0, 0.05) is 23.3 Å². The van der Waals surface area contributed by atoms with Crippen LogP contribution in [0.4, 0.5) is 26.3 Å². The summed E-state index contributed by atoms with van der Waals surface area (Å²) in [4.78, 5) is 0. The highest BCUT2D eigenvalue weighted by Gasteiger charge is 2.30. The molecule has 0 spiro atoms. The zero-order chi connectivity index (χ0) is 25.7. The minimum atomic E-state index is -1.70. The first-order valence-electron chi connectivity index (χ1n) is 10.7. The third-order valence-corrected chi connectivity index (χ3v) is 6.11. The fourth-order valence-corrected chi connectivity index (χ4v) is 4.58. The molecular weight excluding hydrogens is 482 g/mol. The van der Waals surface area contributed by atoms with Gasteiger partial charge in [-0.15, -0.1) is 0 Å². The maximum Gasteiger partial charge on any atom is 0.204 e. The van der Waals surface area contributed by atoms with Gasteiger partial charge in [0.25, 0.3) is 0 Å². The van der Waals surface area contributed by atoms with Crippen molar-refractivity contribution in [1.29, 1.82) is 0 Å². The summed E-state index contributed by atoms with van der Waals surface area (Å²) in [6.07, 6.45) is 0. The molecule has 0 bridgehead atoms. The maximum atomic E-state index is 15.3. The number of halogens is 6. The van der Waals surface area contributed by atoms with Crippen molar-refractivity contribution in [3.8, 4) is 33.8 Å². The molecule has 5 aromatic rings. The van der Waals surface area contributed by atoms with Crippen molar-refractivity contribution in [1.82, 2.24) is 0 Å². The number of hydrogen-bond acceptors (Lipinski definition) is 2. The first-order valence-corrected chi connectivity index (χ1v) is 10.7. The molecule has 182 valence electrons. The van der Waals surface area contributed by atoms with E-state index in [1.165, 1.54) is 43.5 Å². The molecule has 5 aromatic carbocycles. The fourth-order valence-electron chi connectivity index (χ4n) is 4.58. The van der Waals surface area contributed by atoms with Gasteiger partial charge in [-0.05, 0) is 21.5 Å². The molecule has 0 aliphatic carbocycles. The molecule has 0 heterocycles. The molecule has 0 fully saturated rings. The van der Waals surface area contributed by atoms with Gasteiger partial charge >= 0.3 is 0 Å². The third-order valence-electron chi connectivity index (χ3n) is 6.11. The molecule has 0 unspecified atom stereocenters. The first-order chi connectivity index (χ1) is 17.3. The zero-order valence-electron chi connectivity index (χ0n) is 18.9. The molecule has 0 aliphatic heterocycles. The van der Waals surface area contributed by atoms with E-state index >= 15 is 17.6 Å². The van der Waals surface area contributed by atoms with Gasteiger partial charge in [0.1, 0.15) is 17.4 Å². The number of methoxy groups -OCH3 is 2.